The van der Waals surface area contributed by atoms with E-state index in [4.69, 9.17) is 0 Å². The third-order valence-corrected chi connectivity index (χ3v) is 3.99. The van der Waals surface area contributed by atoms with Crippen molar-refractivity contribution in [2.24, 2.45) is 0 Å². The van der Waals surface area contributed by atoms with E-state index < -0.39 is 0 Å². The molecule has 1 amide bonds. The van der Waals surface area contributed by atoms with E-state index in [-0.39, 0.29) is 11.9 Å². The fraction of sp³-hybridized carbons (Fsp3) is 0.909. The molecule has 1 fully saturated rings. The lowest BCUT2D eigenvalue weighted by Gasteiger charge is -2.14. The van der Waals surface area contributed by atoms with Crippen molar-refractivity contribution in [3.63, 3.8) is 0 Å². The molecule has 0 aromatic rings. The highest BCUT2D eigenvalue weighted by atomic mass is 32.2. The molecule has 15 heavy (non-hydrogen) atoms. The number of hydrogen-bond acceptors (Lipinski definition) is 3. The molecule has 2 unspecified atom stereocenters. The minimum atomic E-state index is 0.177. The first kappa shape index (κ1) is 12.8. The molecule has 0 bridgehead atoms. The molecule has 0 saturated carbocycles. The van der Waals surface area contributed by atoms with Crippen molar-refractivity contribution in [1.29, 1.82) is 0 Å². The highest BCUT2D eigenvalue weighted by Crippen LogP contribution is 2.25. The summed E-state index contributed by atoms with van der Waals surface area (Å²) in [7, 11) is 0. The Balaban J connectivity index is 2.07. The van der Waals surface area contributed by atoms with E-state index in [2.05, 4.69) is 17.6 Å². The summed E-state index contributed by atoms with van der Waals surface area (Å²) in [5, 5.41) is 6.91. The SMILES string of the molecule is CCNC(C)CC(=O)NCC1CCCS1. The molecule has 1 saturated heterocycles. The minimum absolute atomic E-state index is 0.177. The van der Waals surface area contributed by atoms with E-state index in [9.17, 15) is 4.79 Å². The standard InChI is InChI=1S/C11H22N2OS/c1-3-12-9(2)7-11(14)13-8-10-5-4-6-15-10/h9-10,12H,3-8H2,1-2H3,(H,13,14). The Morgan fingerprint density at radius 1 is 1.60 bits per heavy atom. The number of nitrogens with one attached hydrogen (secondary N) is 2. The van der Waals surface area contributed by atoms with Crippen molar-refractivity contribution >= 4 is 17.7 Å². The van der Waals surface area contributed by atoms with Crippen LogP contribution >= 0.6 is 11.8 Å². The molecule has 1 aliphatic rings. The van der Waals surface area contributed by atoms with Crippen LogP contribution in [-0.2, 0) is 4.79 Å². The van der Waals surface area contributed by atoms with Gasteiger partial charge in [0.05, 0.1) is 0 Å². The summed E-state index contributed by atoms with van der Waals surface area (Å²) in [5.41, 5.74) is 0. The van der Waals surface area contributed by atoms with Crippen molar-refractivity contribution in [3.05, 3.63) is 0 Å². The molecular formula is C11H22N2OS. The van der Waals surface area contributed by atoms with Crippen LogP contribution in [0.5, 0.6) is 0 Å². The van der Waals surface area contributed by atoms with E-state index in [0.29, 0.717) is 11.7 Å². The molecular weight excluding hydrogens is 208 g/mol. The maximum Gasteiger partial charge on any atom is 0.221 e. The van der Waals surface area contributed by atoms with Crippen LogP contribution in [0.4, 0.5) is 0 Å². The number of hydrogen-bond donors (Lipinski definition) is 2. The highest BCUT2D eigenvalue weighted by molar-refractivity contribution is 8.00. The van der Waals surface area contributed by atoms with Gasteiger partial charge in [0.15, 0.2) is 0 Å². The van der Waals surface area contributed by atoms with Gasteiger partial charge in [0, 0.05) is 24.3 Å². The second kappa shape index (κ2) is 7.12. The molecule has 1 rings (SSSR count). The van der Waals surface area contributed by atoms with Crippen molar-refractivity contribution in [1.82, 2.24) is 10.6 Å². The third kappa shape index (κ3) is 5.42. The Hall–Kier alpha value is -0.220. The molecule has 0 spiro atoms. The van der Waals surface area contributed by atoms with Crippen molar-refractivity contribution in [2.75, 3.05) is 18.8 Å². The maximum absolute atomic E-state index is 11.5. The van der Waals surface area contributed by atoms with Gasteiger partial charge in [0.2, 0.25) is 5.91 Å². The Morgan fingerprint density at radius 2 is 2.40 bits per heavy atom. The topological polar surface area (TPSA) is 41.1 Å². The van der Waals surface area contributed by atoms with Crippen LogP contribution in [0.3, 0.4) is 0 Å². The van der Waals surface area contributed by atoms with Gasteiger partial charge >= 0.3 is 0 Å². The lowest BCUT2D eigenvalue weighted by atomic mass is 10.2. The molecule has 0 radical (unpaired) electrons. The van der Waals surface area contributed by atoms with Crippen LogP contribution in [0.2, 0.25) is 0 Å². The Kier molecular flexibility index (Phi) is 6.10. The summed E-state index contributed by atoms with van der Waals surface area (Å²) < 4.78 is 0. The zero-order valence-electron chi connectivity index (χ0n) is 9.71. The first-order chi connectivity index (χ1) is 7.22. The second-order valence-electron chi connectivity index (χ2n) is 4.10. The number of carbonyl (C=O) groups is 1. The summed E-state index contributed by atoms with van der Waals surface area (Å²) in [4.78, 5) is 11.5. The average Bonchev–Trinajstić information content (AvgIpc) is 2.67. The normalized spacial score (nSPS) is 22.7. The summed E-state index contributed by atoms with van der Waals surface area (Å²) >= 11 is 1.98. The van der Waals surface area contributed by atoms with Crippen LogP contribution < -0.4 is 10.6 Å². The largest absolute Gasteiger partial charge is 0.355 e. The molecule has 4 heteroatoms. The summed E-state index contributed by atoms with van der Waals surface area (Å²) in [5.74, 6) is 1.44. The molecule has 88 valence electrons. The molecule has 0 aliphatic carbocycles. The van der Waals surface area contributed by atoms with Gasteiger partial charge in [-0.3, -0.25) is 4.79 Å². The van der Waals surface area contributed by atoms with E-state index in [1.54, 1.807) is 0 Å². The van der Waals surface area contributed by atoms with Crippen molar-refractivity contribution in [2.45, 2.75) is 44.4 Å². The van der Waals surface area contributed by atoms with E-state index >= 15 is 0 Å². The second-order valence-corrected chi connectivity index (χ2v) is 5.51. The van der Waals surface area contributed by atoms with Crippen LogP contribution in [0, 0.1) is 0 Å². The Morgan fingerprint density at radius 3 is 3.00 bits per heavy atom. The third-order valence-electron chi connectivity index (χ3n) is 2.60. The van der Waals surface area contributed by atoms with Crippen molar-refractivity contribution < 1.29 is 4.79 Å². The monoisotopic (exact) mass is 230 g/mol. The van der Waals surface area contributed by atoms with Gasteiger partial charge in [-0.15, -0.1) is 0 Å². The fourth-order valence-corrected chi connectivity index (χ4v) is 3.01. The van der Waals surface area contributed by atoms with E-state index in [1.165, 1.54) is 18.6 Å². The molecule has 0 aromatic heterocycles. The molecule has 2 atom stereocenters. The zero-order valence-corrected chi connectivity index (χ0v) is 10.5. The summed E-state index contributed by atoms with van der Waals surface area (Å²) in [6.45, 7) is 5.88. The molecule has 0 aromatic carbocycles. The van der Waals surface area contributed by atoms with Gasteiger partial charge in [-0.05, 0) is 32.1 Å². The van der Waals surface area contributed by atoms with Crippen LogP contribution in [0.15, 0.2) is 0 Å². The van der Waals surface area contributed by atoms with Gasteiger partial charge in [-0.2, -0.15) is 11.8 Å². The summed E-state index contributed by atoms with van der Waals surface area (Å²) in [6, 6.07) is 0.284. The van der Waals surface area contributed by atoms with Gasteiger partial charge in [0.1, 0.15) is 0 Å². The maximum atomic E-state index is 11.5. The van der Waals surface area contributed by atoms with Crippen LogP contribution in [0.25, 0.3) is 0 Å². The quantitative estimate of drug-likeness (QED) is 0.724. The van der Waals surface area contributed by atoms with Gasteiger partial charge < -0.3 is 10.6 Å². The van der Waals surface area contributed by atoms with Gasteiger partial charge in [-0.1, -0.05) is 6.92 Å². The molecule has 1 heterocycles. The van der Waals surface area contributed by atoms with Gasteiger partial charge in [0.25, 0.3) is 0 Å². The molecule has 2 N–H and O–H groups in total. The lowest BCUT2D eigenvalue weighted by Crippen LogP contribution is -2.36. The van der Waals surface area contributed by atoms with E-state index in [0.717, 1.165) is 13.1 Å². The average molecular weight is 230 g/mol. The summed E-state index contributed by atoms with van der Waals surface area (Å²) in [6.07, 6.45) is 3.15. The Bertz CT molecular complexity index is 193. The van der Waals surface area contributed by atoms with Crippen LogP contribution in [-0.4, -0.2) is 36.0 Å². The first-order valence-electron chi connectivity index (χ1n) is 5.84. The van der Waals surface area contributed by atoms with Crippen LogP contribution in [0.1, 0.15) is 33.1 Å². The lowest BCUT2D eigenvalue weighted by molar-refractivity contribution is -0.121. The smallest absolute Gasteiger partial charge is 0.221 e. The predicted molar refractivity (Wildman–Crippen MR) is 66.2 cm³/mol. The molecule has 1 aliphatic heterocycles. The predicted octanol–water partition coefficient (Wildman–Crippen LogP) is 1.39. The Labute approximate surface area is 96.8 Å². The number of thioether (sulfide) groups is 1. The van der Waals surface area contributed by atoms with Crippen molar-refractivity contribution in [3.8, 4) is 0 Å². The molecule has 3 nitrogen and oxygen atoms in total. The number of carbonyl (C=O) groups excluding carboxylic acids is 1. The van der Waals surface area contributed by atoms with Gasteiger partial charge in [-0.25, -0.2) is 0 Å². The highest BCUT2D eigenvalue weighted by Gasteiger charge is 2.16. The fourth-order valence-electron chi connectivity index (χ4n) is 1.80. The first-order valence-corrected chi connectivity index (χ1v) is 6.89. The zero-order chi connectivity index (χ0) is 11.1. The van der Waals surface area contributed by atoms with E-state index in [1.807, 2.05) is 18.7 Å². The number of rotatable bonds is 6. The minimum Gasteiger partial charge on any atom is -0.355 e. The number of amides is 1.